The Morgan fingerprint density at radius 3 is 2.55 bits per heavy atom. The minimum absolute atomic E-state index is 0.00698. The first-order valence-electron chi connectivity index (χ1n) is 13.8. The molecule has 11 nitrogen and oxygen atoms in total. The third-order valence-electron chi connectivity index (χ3n) is 8.44. The van der Waals surface area contributed by atoms with Crippen molar-refractivity contribution >= 4 is 44.0 Å². The number of rotatable bonds is 9. The summed E-state index contributed by atoms with van der Waals surface area (Å²) in [6.07, 6.45) is 6.04. The van der Waals surface area contributed by atoms with Gasteiger partial charge in [0, 0.05) is 62.2 Å². The average Bonchev–Trinajstić information content (AvgIpc) is 2.94. The predicted molar refractivity (Wildman–Crippen MR) is 157 cm³/mol. The van der Waals surface area contributed by atoms with Crippen molar-refractivity contribution in [2.75, 3.05) is 60.5 Å². The lowest BCUT2D eigenvalue weighted by Crippen LogP contribution is -2.57. The lowest BCUT2D eigenvalue weighted by atomic mass is 9.88. The van der Waals surface area contributed by atoms with E-state index in [1.54, 1.807) is 7.11 Å². The molecule has 0 bridgehead atoms. The van der Waals surface area contributed by atoms with Gasteiger partial charge in [0.05, 0.1) is 18.0 Å². The van der Waals surface area contributed by atoms with E-state index in [4.69, 9.17) is 9.72 Å². The van der Waals surface area contributed by atoms with Crippen LogP contribution in [0.5, 0.6) is 0 Å². The van der Waals surface area contributed by atoms with Crippen molar-refractivity contribution in [3.05, 3.63) is 36.3 Å². The molecule has 0 aliphatic carbocycles. The number of hydrogen-bond donors (Lipinski definition) is 2. The lowest BCUT2D eigenvalue weighted by Gasteiger charge is -2.48. The molecule has 0 amide bonds. The molecule has 5 rings (SSSR count). The number of aromatic nitrogens is 4. The van der Waals surface area contributed by atoms with Gasteiger partial charge < -0.3 is 25.0 Å². The number of fused-ring (bicyclic) bond motifs is 1. The topological polar surface area (TPSA) is 134 Å². The van der Waals surface area contributed by atoms with Gasteiger partial charge in [-0.05, 0) is 48.8 Å². The number of nitrogens with one attached hydrogen (secondary N) is 1. The summed E-state index contributed by atoms with van der Waals surface area (Å²) < 4.78 is 29.2. The van der Waals surface area contributed by atoms with Crippen molar-refractivity contribution in [3.63, 3.8) is 0 Å². The summed E-state index contributed by atoms with van der Waals surface area (Å²) in [6, 6.07) is 6.45. The number of sulfone groups is 1. The Hall–Kier alpha value is -3.09. The van der Waals surface area contributed by atoms with Gasteiger partial charge in [-0.2, -0.15) is 4.98 Å². The Morgan fingerprint density at radius 1 is 1.18 bits per heavy atom. The molecule has 0 saturated carbocycles. The largest absolute Gasteiger partial charge is 0.393 e. The van der Waals surface area contributed by atoms with Gasteiger partial charge in [0.2, 0.25) is 11.9 Å². The van der Waals surface area contributed by atoms with E-state index in [0.29, 0.717) is 56.1 Å². The van der Waals surface area contributed by atoms with Gasteiger partial charge in [-0.15, -0.1) is 0 Å². The molecule has 40 heavy (non-hydrogen) atoms. The van der Waals surface area contributed by atoms with Gasteiger partial charge in [0.25, 0.3) is 0 Å². The molecule has 4 heterocycles. The molecule has 2 fully saturated rings. The summed E-state index contributed by atoms with van der Waals surface area (Å²) in [6.45, 7) is 8.47. The molecule has 2 aliphatic heterocycles. The SMILES string of the molecule is COC1(CO)CCN(c2ncnc(Nc3cc4c(C(C)C)ccc(N5C[C@H](CS(C)(=O)=O)[C@H]5C)c4cn3)n2)CC1. The van der Waals surface area contributed by atoms with Crippen LogP contribution in [-0.4, -0.2) is 90.5 Å². The van der Waals surface area contributed by atoms with Gasteiger partial charge in [-0.25, -0.2) is 23.4 Å². The number of pyridine rings is 1. The number of nitrogens with zero attached hydrogens (tertiary/aromatic N) is 6. The summed E-state index contributed by atoms with van der Waals surface area (Å²) in [5.41, 5.74) is 1.77. The van der Waals surface area contributed by atoms with E-state index in [-0.39, 0.29) is 24.3 Å². The van der Waals surface area contributed by atoms with Crippen LogP contribution in [0.2, 0.25) is 0 Å². The molecule has 0 radical (unpaired) electrons. The molecule has 3 aromatic rings. The molecule has 216 valence electrons. The van der Waals surface area contributed by atoms with Crippen molar-refractivity contribution in [2.45, 2.75) is 51.2 Å². The van der Waals surface area contributed by atoms with Gasteiger partial charge in [-0.3, -0.25) is 0 Å². The van der Waals surface area contributed by atoms with E-state index in [1.807, 2.05) is 12.3 Å². The normalized spacial score (nSPS) is 21.1. The van der Waals surface area contributed by atoms with Crippen LogP contribution in [0.3, 0.4) is 0 Å². The van der Waals surface area contributed by atoms with Crippen LogP contribution in [0.25, 0.3) is 10.8 Å². The first-order valence-corrected chi connectivity index (χ1v) is 15.8. The Bertz CT molecular complexity index is 1470. The third-order valence-corrected chi connectivity index (χ3v) is 9.48. The van der Waals surface area contributed by atoms with Crippen LogP contribution in [0.15, 0.2) is 30.7 Å². The minimum Gasteiger partial charge on any atom is -0.393 e. The number of aliphatic hydroxyl groups is 1. The molecule has 2 saturated heterocycles. The van der Waals surface area contributed by atoms with Gasteiger partial charge in [0.1, 0.15) is 22.0 Å². The van der Waals surface area contributed by atoms with E-state index in [9.17, 15) is 13.5 Å². The van der Waals surface area contributed by atoms with Crippen molar-refractivity contribution in [1.82, 2.24) is 19.9 Å². The molecule has 2 aliphatic rings. The number of methoxy groups -OCH3 is 1. The summed E-state index contributed by atoms with van der Waals surface area (Å²) in [5, 5.41) is 15.1. The molecule has 1 aromatic carbocycles. The Labute approximate surface area is 235 Å². The predicted octanol–water partition coefficient (Wildman–Crippen LogP) is 3.13. The highest BCUT2D eigenvalue weighted by Crippen LogP contribution is 2.39. The number of aliphatic hydroxyl groups excluding tert-OH is 1. The third kappa shape index (κ3) is 5.70. The quantitative estimate of drug-likeness (QED) is 0.394. The molecule has 2 N–H and O–H groups in total. The number of benzene rings is 1. The smallest absolute Gasteiger partial charge is 0.233 e. The molecule has 2 aromatic heterocycles. The summed E-state index contributed by atoms with van der Waals surface area (Å²) in [7, 11) is -1.38. The molecule has 2 atom stereocenters. The molecule has 12 heteroatoms. The van der Waals surface area contributed by atoms with Crippen molar-refractivity contribution in [2.24, 2.45) is 5.92 Å². The first-order chi connectivity index (χ1) is 19.0. The van der Waals surface area contributed by atoms with E-state index < -0.39 is 15.4 Å². The zero-order valence-corrected chi connectivity index (χ0v) is 24.6. The number of hydrogen-bond acceptors (Lipinski definition) is 11. The number of piperidine rings is 1. The fourth-order valence-electron chi connectivity index (χ4n) is 5.81. The maximum atomic E-state index is 11.8. The first kappa shape index (κ1) is 28.4. The zero-order chi connectivity index (χ0) is 28.7. The maximum absolute atomic E-state index is 11.8. The Balaban J connectivity index is 1.38. The second-order valence-corrected chi connectivity index (χ2v) is 13.6. The van der Waals surface area contributed by atoms with Crippen LogP contribution in [0, 0.1) is 5.92 Å². The number of anilines is 4. The van der Waals surface area contributed by atoms with Crippen molar-refractivity contribution in [3.8, 4) is 0 Å². The van der Waals surface area contributed by atoms with Crippen LogP contribution in [-0.2, 0) is 14.6 Å². The highest BCUT2D eigenvalue weighted by Gasteiger charge is 2.38. The highest BCUT2D eigenvalue weighted by molar-refractivity contribution is 7.90. The van der Waals surface area contributed by atoms with E-state index in [0.717, 1.165) is 16.5 Å². The fraction of sp³-hybridized carbons (Fsp3) is 0.571. The maximum Gasteiger partial charge on any atom is 0.233 e. The lowest BCUT2D eigenvalue weighted by molar-refractivity contribution is -0.0674. The summed E-state index contributed by atoms with van der Waals surface area (Å²) in [5.74, 6) is 2.24. The van der Waals surface area contributed by atoms with Crippen LogP contribution in [0.4, 0.5) is 23.4 Å². The zero-order valence-electron chi connectivity index (χ0n) is 23.8. The van der Waals surface area contributed by atoms with E-state index in [2.05, 4.69) is 63.0 Å². The summed E-state index contributed by atoms with van der Waals surface area (Å²) in [4.78, 5) is 22.4. The molecule has 0 unspecified atom stereocenters. The molecular weight excluding hydrogens is 530 g/mol. The molecular formula is C28H39N7O4S. The van der Waals surface area contributed by atoms with Crippen LogP contribution in [0.1, 0.15) is 45.1 Å². The fourth-order valence-corrected chi connectivity index (χ4v) is 6.97. The van der Waals surface area contributed by atoms with Crippen molar-refractivity contribution < 1.29 is 18.3 Å². The van der Waals surface area contributed by atoms with Crippen LogP contribution < -0.4 is 15.1 Å². The van der Waals surface area contributed by atoms with E-state index in [1.165, 1.54) is 18.1 Å². The minimum atomic E-state index is -3.02. The second kappa shape index (κ2) is 11.1. The number of ether oxygens (including phenoxy) is 1. The Morgan fingerprint density at radius 2 is 1.93 bits per heavy atom. The van der Waals surface area contributed by atoms with E-state index >= 15 is 0 Å². The standard InChI is InChI=1S/C28H39N7O4S/c1-18(2)21-6-7-24(35-14-20(19(35)3)15-40(5,37)38)23-13-29-25(12-22(21)23)32-26-30-17-31-27(33-26)34-10-8-28(16-36,39-4)9-11-34/h6-7,12-13,17-20,36H,8-11,14-16H2,1-5H3,(H,29,30,31,32,33)/t19-,20-/m1/s1. The van der Waals surface area contributed by atoms with Crippen molar-refractivity contribution in [1.29, 1.82) is 0 Å². The van der Waals surface area contributed by atoms with Gasteiger partial charge in [0.15, 0.2) is 0 Å². The summed E-state index contributed by atoms with van der Waals surface area (Å²) >= 11 is 0. The highest BCUT2D eigenvalue weighted by atomic mass is 32.2. The Kier molecular flexibility index (Phi) is 7.86. The second-order valence-electron chi connectivity index (χ2n) is 11.5. The average molecular weight is 570 g/mol. The monoisotopic (exact) mass is 569 g/mol. The van der Waals surface area contributed by atoms with Gasteiger partial charge >= 0.3 is 0 Å². The molecule has 0 spiro atoms. The van der Waals surface area contributed by atoms with Crippen LogP contribution >= 0.6 is 0 Å². The van der Waals surface area contributed by atoms with Gasteiger partial charge in [-0.1, -0.05) is 19.9 Å².